The summed E-state index contributed by atoms with van der Waals surface area (Å²) in [7, 11) is 0. The monoisotopic (exact) mass is 298 g/mol. The minimum atomic E-state index is -0.499. The van der Waals surface area contributed by atoms with Gasteiger partial charge in [0.05, 0.1) is 22.4 Å². The second-order valence-corrected chi connectivity index (χ2v) is 6.13. The number of nitro groups is 1. The predicted molar refractivity (Wildman–Crippen MR) is 77.9 cm³/mol. The van der Waals surface area contributed by atoms with Crippen molar-refractivity contribution in [1.82, 2.24) is 0 Å². The van der Waals surface area contributed by atoms with Gasteiger partial charge in [-0.05, 0) is 36.8 Å². The van der Waals surface area contributed by atoms with Crippen molar-refractivity contribution in [2.75, 3.05) is 4.90 Å². The Bertz CT molecular complexity index is 677. The van der Waals surface area contributed by atoms with Crippen LogP contribution >= 0.6 is 0 Å². The van der Waals surface area contributed by atoms with Crippen LogP contribution in [0.5, 0.6) is 0 Å². The summed E-state index contributed by atoms with van der Waals surface area (Å²) < 4.78 is 0. The zero-order valence-corrected chi connectivity index (χ0v) is 11.7. The molecule has 5 rings (SSSR count). The largest absolute Gasteiger partial charge is 0.274 e. The fourth-order valence-electron chi connectivity index (χ4n) is 4.05. The lowest BCUT2D eigenvalue weighted by atomic mass is 9.63. The summed E-state index contributed by atoms with van der Waals surface area (Å²) in [5.41, 5.74) is 0.372. The van der Waals surface area contributed by atoms with Gasteiger partial charge in [0.2, 0.25) is 11.8 Å². The van der Waals surface area contributed by atoms with Crippen molar-refractivity contribution in [2.24, 2.45) is 23.7 Å². The molecule has 2 fully saturated rings. The summed E-state index contributed by atoms with van der Waals surface area (Å²) in [5.74, 6) is -0.548. The maximum atomic E-state index is 12.7. The molecule has 6 heteroatoms. The molecule has 0 radical (unpaired) electrons. The second kappa shape index (κ2) is 4.50. The molecule has 1 saturated heterocycles. The van der Waals surface area contributed by atoms with Crippen LogP contribution in [-0.2, 0) is 9.59 Å². The van der Waals surface area contributed by atoms with E-state index in [1.54, 1.807) is 0 Å². The first-order valence-corrected chi connectivity index (χ1v) is 7.38. The lowest BCUT2D eigenvalue weighted by molar-refractivity contribution is -0.384. The Morgan fingerprint density at radius 3 is 1.86 bits per heavy atom. The zero-order chi connectivity index (χ0) is 15.4. The van der Waals surface area contributed by atoms with Crippen LogP contribution in [0.1, 0.15) is 12.8 Å². The van der Waals surface area contributed by atoms with Crippen molar-refractivity contribution in [1.29, 1.82) is 0 Å². The van der Waals surface area contributed by atoms with Gasteiger partial charge in [-0.3, -0.25) is 24.6 Å². The molecule has 3 aliphatic carbocycles. The lowest BCUT2D eigenvalue weighted by Crippen LogP contribution is -2.38. The van der Waals surface area contributed by atoms with E-state index in [-0.39, 0.29) is 41.2 Å². The molecule has 6 nitrogen and oxygen atoms in total. The van der Waals surface area contributed by atoms with Gasteiger partial charge in [0.25, 0.3) is 5.69 Å². The van der Waals surface area contributed by atoms with Crippen LogP contribution in [0.15, 0.2) is 36.4 Å². The summed E-state index contributed by atoms with van der Waals surface area (Å²) in [6, 6.07) is 5.59. The third-order valence-corrected chi connectivity index (χ3v) is 5.08. The predicted octanol–water partition coefficient (Wildman–Crippen LogP) is 2.30. The molecule has 4 aliphatic rings. The van der Waals surface area contributed by atoms with Gasteiger partial charge in [-0.15, -0.1) is 0 Å². The molecule has 0 aromatic heterocycles. The highest BCUT2D eigenvalue weighted by Gasteiger charge is 2.56. The van der Waals surface area contributed by atoms with E-state index in [9.17, 15) is 19.7 Å². The molecule has 0 N–H and O–H groups in total. The number of imide groups is 1. The van der Waals surface area contributed by atoms with Gasteiger partial charge < -0.3 is 0 Å². The molecule has 1 aromatic carbocycles. The second-order valence-electron chi connectivity index (χ2n) is 6.13. The van der Waals surface area contributed by atoms with Crippen molar-refractivity contribution >= 4 is 23.2 Å². The van der Waals surface area contributed by atoms with Gasteiger partial charge in [-0.2, -0.15) is 0 Å². The van der Waals surface area contributed by atoms with Gasteiger partial charge in [0, 0.05) is 12.1 Å². The van der Waals surface area contributed by atoms with Crippen LogP contribution in [0.3, 0.4) is 0 Å². The van der Waals surface area contributed by atoms with Gasteiger partial charge >= 0.3 is 0 Å². The number of hydrogen-bond acceptors (Lipinski definition) is 4. The number of benzene rings is 1. The third-order valence-electron chi connectivity index (χ3n) is 5.08. The highest BCUT2D eigenvalue weighted by Crippen LogP contribution is 2.50. The standard InChI is InChI=1S/C16H14N2O4/c19-15-13-9-1-2-10(4-3-9)14(13)16(20)17(15)11-5-7-12(8-6-11)18(21)22/h1-2,5-10,13-14H,3-4H2/t9-,10-,13+,14+/m1/s1. The van der Waals surface area contributed by atoms with Crippen LogP contribution in [0.2, 0.25) is 0 Å². The number of carbonyl (C=O) groups is 2. The average Bonchev–Trinajstić information content (AvgIpc) is 2.82. The Kier molecular flexibility index (Phi) is 2.69. The van der Waals surface area contributed by atoms with Crippen molar-refractivity contribution < 1.29 is 14.5 Å². The molecule has 1 aliphatic heterocycles. The highest BCUT2D eigenvalue weighted by atomic mass is 16.6. The number of rotatable bonds is 2. The number of fused-ring (bicyclic) bond motifs is 1. The summed E-state index contributed by atoms with van der Waals surface area (Å²) in [5, 5.41) is 10.7. The summed E-state index contributed by atoms with van der Waals surface area (Å²) in [6.45, 7) is 0. The lowest BCUT2D eigenvalue weighted by Gasteiger charge is -2.38. The maximum absolute atomic E-state index is 12.7. The normalized spacial score (nSPS) is 32.5. The quantitative estimate of drug-likeness (QED) is 0.363. The smallest absolute Gasteiger partial charge is 0.269 e. The van der Waals surface area contributed by atoms with Crippen LogP contribution in [0.25, 0.3) is 0 Å². The van der Waals surface area contributed by atoms with Crippen molar-refractivity contribution in [2.45, 2.75) is 12.8 Å². The van der Waals surface area contributed by atoms with Crippen LogP contribution in [0, 0.1) is 33.8 Å². The fraction of sp³-hybridized carbons (Fsp3) is 0.375. The van der Waals surface area contributed by atoms with E-state index in [0.717, 1.165) is 12.8 Å². The zero-order valence-electron chi connectivity index (χ0n) is 11.7. The van der Waals surface area contributed by atoms with Gasteiger partial charge in [-0.1, -0.05) is 12.2 Å². The number of nitrogens with zero attached hydrogens (tertiary/aromatic N) is 2. The van der Waals surface area contributed by atoms with Gasteiger partial charge in [-0.25, -0.2) is 0 Å². The number of amides is 2. The van der Waals surface area contributed by atoms with E-state index in [0.29, 0.717) is 5.69 Å². The Morgan fingerprint density at radius 1 is 0.955 bits per heavy atom. The van der Waals surface area contributed by atoms with Gasteiger partial charge in [0.1, 0.15) is 0 Å². The summed E-state index contributed by atoms with van der Waals surface area (Å²) in [6.07, 6.45) is 6.05. The molecule has 1 saturated carbocycles. The van der Waals surface area contributed by atoms with E-state index < -0.39 is 4.92 Å². The topological polar surface area (TPSA) is 80.5 Å². The molecule has 4 atom stereocenters. The molecule has 0 spiro atoms. The molecular formula is C16H14N2O4. The summed E-state index contributed by atoms with van der Waals surface area (Å²) in [4.78, 5) is 36.8. The van der Waals surface area contributed by atoms with Crippen molar-refractivity contribution in [3.05, 3.63) is 46.5 Å². The van der Waals surface area contributed by atoms with Crippen LogP contribution in [0.4, 0.5) is 11.4 Å². The summed E-state index contributed by atoms with van der Waals surface area (Å²) >= 11 is 0. The minimum Gasteiger partial charge on any atom is -0.274 e. The fourth-order valence-corrected chi connectivity index (χ4v) is 4.05. The molecule has 22 heavy (non-hydrogen) atoms. The average molecular weight is 298 g/mol. The number of allylic oxidation sites excluding steroid dienone is 2. The Labute approximate surface area is 126 Å². The first kappa shape index (κ1) is 13.2. The van der Waals surface area contributed by atoms with Crippen molar-refractivity contribution in [3.8, 4) is 0 Å². The minimum absolute atomic E-state index is 0.0537. The van der Waals surface area contributed by atoms with E-state index >= 15 is 0 Å². The molecule has 0 unspecified atom stereocenters. The highest BCUT2D eigenvalue weighted by molar-refractivity contribution is 6.22. The van der Waals surface area contributed by atoms with E-state index in [2.05, 4.69) is 12.2 Å². The number of non-ortho nitro benzene ring substituents is 1. The van der Waals surface area contributed by atoms with Gasteiger partial charge in [0.15, 0.2) is 0 Å². The molecule has 2 amide bonds. The first-order chi connectivity index (χ1) is 10.6. The van der Waals surface area contributed by atoms with Crippen LogP contribution < -0.4 is 4.90 Å². The number of hydrogen-bond donors (Lipinski definition) is 0. The van der Waals surface area contributed by atoms with E-state index in [1.807, 2.05) is 0 Å². The third kappa shape index (κ3) is 1.66. The maximum Gasteiger partial charge on any atom is 0.269 e. The molecular weight excluding hydrogens is 284 g/mol. The van der Waals surface area contributed by atoms with Crippen LogP contribution in [-0.4, -0.2) is 16.7 Å². The Balaban J connectivity index is 1.70. The molecule has 2 bridgehead atoms. The first-order valence-electron chi connectivity index (χ1n) is 7.38. The Morgan fingerprint density at radius 2 is 1.45 bits per heavy atom. The molecule has 1 heterocycles. The van der Waals surface area contributed by atoms with E-state index in [1.165, 1.54) is 29.2 Å². The number of nitro benzene ring substituents is 1. The number of carbonyl (C=O) groups excluding carboxylic acids is 2. The van der Waals surface area contributed by atoms with Crippen molar-refractivity contribution in [3.63, 3.8) is 0 Å². The SMILES string of the molecule is O=C1[C@@H]2[C@@H](C(=O)N1c1ccc([N+](=O)[O-])cc1)[C@@H]1C=C[C@@H]2CC1. The number of anilines is 1. The molecule has 112 valence electrons. The molecule has 1 aromatic rings. The Hall–Kier alpha value is -2.50. The van der Waals surface area contributed by atoms with E-state index in [4.69, 9.17) is 0 Å².